The lowest BCUT2D eigenvalue weighted by Gasteiger charge is -2.21. The summed E-state index contributed by atoms with van der Waals surface area (Å²) in [7, 11) is 0. The number of aliphatic imine (C=N–C) groups is 1. The smallest absolute Gasteiger partial charge is 0.230 e. The Morgan fingerprint density at radius 1 is 0.717 bits per heavy atom. The summed E-state index contributed by atoms with van der Waals surface area (Å²) in [6, 6.07) is 37.6. The van der Waals surface area contributed by atoms with Crippen molar-refractivity contribution in [2.45, 2.75) is 27.7 Å². The van der Waals surface area contributed by atoms with Gasteiger partial charge in [-0.05, 0) is 119 Å². The molecule has 0 aliphatic carbocycles. The molecule has 0 saturated heterocycles. The Labute approximate surface area is 309 Å². The summed E-state index contributed by atoms with van der Waals surface area (Å²) in [6.07, 6.45) is 1.68. The standard InChI is InChI=1S/C45H42N6O2/c1-5-50(6-2)37-26-20-34(42(52)28-37)30-46-35-21-15-31(16-22-35)13-14-32-17-23-36(24-18-32)47-45-39(44-48-40-11-9-10-12-41(40)49-44)27-33-19-25-38(29-43(33)53-45)51(7-3)8-4/h9-12,15-30,52H,5-8H2,1-4H3,(H,48,49). The van der Waals surface area contributed by atoms with Crippen LogP contribution < -0.4 is 15.4 Å². The van der Waals surface area contributed by atoms with Crippen LogP contribution in [0.15, 0.2) is 130 Å². The number of H-pyrrole nitrogens is 1. The number of nitrogens with zero attached hydrogens (tertiary/aromatic N) is 5. The normalized spacial score (nSPS) is 11.7. The summed E-state index contributed by atoms with van der Waals surface area (Å²) in [4.78, 5) is 22.3. The van der Waals surface area contributed by atoms with Crippen LogP contribution in [0.2, 0.25) is 0 Å². The maximum atomic E-state index is 10.5. The molecule has 53 heavy (non-hydrogen) atoms. The van der Waals surface area contributed by atoms with Crippen LogP contribution in [0.4, 0.5) is 22.7 Å². The van der Waals surface area contributed by atoms with E-state index in [4.69, 9.17) is 14.4 Å². The monoisotopic (exact) mass is 698 g/mol. The van der Waals surface area contributed by atoms with Gasteiger partial charge < -0.3 is 24.3 Å². The molecule has 264 valence electrons. The Balaban J connectivity index is 1.12. The van der Waals surface area contributed by atoms with Crippen molar-refractivity contribution in [3.63, 3.8) is 0 Å². The number of aromatic amines is 1. The van der Waals surface area contributed by atoms with Gasteiger partial charge in [0, 0.05) is 78.0 Å². The fourth-order valence-electron chi connectivity index (χ4n) is 6.31. The number of imidazole rings is 1. The quantitative estimate of drug-likeness (QED) is 0.110. The molecule has 7 aromatic rings. The van der Waals surface area contributed by atoms with E-state index in [1.807, 2.05) is 84.9 Å². The van der Waals surface area contributed by atoms with Gasteiger partial charge in [-0.1, -0.05) is 24.0 Å². The number of hydrogen-bond acceptors (Lipinski definition) is 7. The van der Waals surface area contributed by atoms with E-state index in [-0.39, 0.29) is 5.75 Å². The highest BCUT2D eigenvalue weighted by molar-refractivity contribution is 5.87. The average Bonchev–Trinajstić information content (AvgIpc) is 3.63. The molecule has 0 atom stereocenters. The molecule has 0 unspecified atom stereocenters. The van der Waals surface area contributed by atoms with Gasteiger partial charge in [-0.15, -0.1) is 0 Å². The van der Waals surface area contributed by atoms with Crippen LogP contribution in [0.1, 0.15) is 44.4 Å². The number of aromatic hydroxyl groups is 1. The Morgan fingerprint density at radius 3 is 1.98 bits per heavy atom. The zero-order valence-electron chi connectivity index (χ0n) is 30.5. The number of para-hydroxylation sites is 2. The minimum atomic E-state index is 0.210. The number of fused-ring (bicyclic) bond motifs is 2. The van der Waals surface area contributed by atoms with E-state index < -0.39 is 0 Å². The van der Waals surface area contributed by atoms with Gasteiger partial charge in [-0.25, -0.2) is 9.98 Å². The van der Waals surface area contributed by atoms with Crippen LogP contribution >= 0.6 is 0 Å². The second-order valence-electron chi connectivity index (χ2n) is 12.6. The highest BCUT2D eigenvalue weighted by atomic mass is 16.3. The van der Waals surface area contributed by atoms with Crippen molar-refractivity contribution >= 4 is 51.0 Å². The summed E-state index contributed by atoms with van der Waals surface area (Å²) in [5, 5.41) is 11.5. The van der Waals surface area contributed by atoms with E-state index >= 15 is 0 Å². The van der Waals surface area contributed by atoms with Crippen LogP contribution in [0.25, 0.3) is 33.4 Å². The second-order valence-corrected chi connectivity index (χ2v) is 12.6. The third kappa shape index (κ3) is 7.85. The van der Waals surface area contributed by atoms with Gasteiger partial charge in [-0.3, -0.25) is 4.99 Å². The number of benzene rings is 5. The summed E-state index contributed by atoms with van der Waals surface area (Å²) in [5.41, 5.74) is 9.88. The highest BCUT2D eigenvalue weighted by Gasteiger charge is 2.13. The molecule has 0 radical (unpaired) electrons. The predicted molar refractivity (Wildman–Crippen MR) is 218 cm³/mol. The van der Waals surface area contributed by atoms with Crippen LogP contribution in [0, 0.1) is 11.8 Å². The van der Waals surface area contributed by atoms with Crippen molar-refractivity contribution in [2.75, 3.05) is 36.0 Å². The minimum absolute atomic E-state index is 0.210. The Morgan fingerprint density at radius 2 is 1.34 bits per heavy atom. The Bertz CT molecular complexity index is 2500. The van der Waals surface area contributed by atoms with Gasteiger partial charge in [-0.2, -0.15) is 0 Å². The molecule has 7 rings (SSSR count). The number of aromatic nitrogens is 2. The summed E-state index contributed by atoms with van der Waals surface area (Å²) >= 11 is 0. The zero-order valence-corrected chi connectivity index (χ0v) is 30.5. The van der Waals surface area contributed by atoms with Gasteiger partial charge in [0.15, 0.2) is 0 Å². The third-order valence-electron chi connectivity index (χ3n) is 9.32. The molecule has 0 aliphatic rings. The highest BCUT2D eigenvalue weighted by Crippen LogP contribution is 2.27. The first-order valence-electron chi connectivity index (χ1n) is 18.1. The summed E-state index contributed by atoms with van der Waals surface area (Å²) in [5.74, 6) is 7.41. The number of nitrogens with one attached hydrogen (secondary N) is 1. The Kier molecular flexibility index (Phi) is 10.4. The maximum absolute atomic E-state index is 10.5. The Hall–Kier alpha value is -6.59. The van der Waals surface area contributed by atoms with Gasteiger partial charge in [0.1, 0.15) is 17.2 Å². The zero-order chi connectivity index (χ0) is 36.7. The average molecular weight is 699 g/mol. The molecule has 0 aliphatic heterocycles. The van der Waals surface area contributed by atoms with E-state index in [0.29, 0.717) is 16.9 Å². The van der Waals surface area contributed by atoms with Crippen molar-refractivity contribution in [3.05, 3.63) is 138 Å². The minimum Gasteiger partial charge on any atom is -0.507 e. The van der Waals surface area contributed by atoms with Crippen molar-refractivity contribution in [3.8, 4) is 29.0 Å². The van der Waals surface area contributed by atoms with Crippen molar-refractivity contribution in [1.29, 1.82) is 0 Å². The molecule has 8 nitrogen and oxygen atoms in total. The number of rotatable bonds is 10. The van der Waals surface area contributed by atoms with Crippen LogP contribution in [0.5, 0.6) is 5.75 Å². The van der Waals surface area contributed by atoms with Crippen LogP contribution in [-0.2, 0) is 0 Å². The third-order valence-corrected chi connectivity index (χ3v) is 9.32. The number of anilines is 2. The molecule has 0 saturated carbocycles. The molecule has 0 amide bonds. The fraction of sp³-hybridized carbons (Fsp3) is 0.178. The first-order chi connectivity index (χ1) is 25.9. The molecule has 0 fully saturated rings. The fourth-order valence-corrected chi connectivity index (χ4v) is 6.31. The lowest BCUT2D eigenvalue weighted by molar-refractivity contribution is 0.474. The molecule has 2 heterocycles. The first-order valence-corrected chi connectivity index (χ1v) is 18.1. The molecular weight excluding hydrogens is 657 g/mol. The largest absolute Gasteiger partial charge is 0.507 e. The van der Waals surface area contributed by atoms with Gasteiger partial charge in [0.05, 0.1) is 28.0 Å². The van der Waals surface area contributed by atoms with E-state index in [2.05, 4.69) is 83.6 Å². The summed E-state index contributed by atoms with van der Waals surface area (Å²) < 4.78 is 6.54. The van der Waals surface area contributed by atoms with E-state index in [1.54, 1.807) is 12.3 Å². The number of phenolic OH excluding ortho intramolecular Hbond substituents is 1. The van der Waals surface area contributed by atoms with Crippen LogP contribution in [0.3, 0.4) is 0 Å². The lowest BCUT2D eigenvalue weighted by Crippen LogP contribution is -2.21. The predicted octanol–water partition coefficient (Wildman–Crippen LogP) is 9.76. The lowest BCUT2D eigenvalue weighted by atomic mass is 10.1. The van der Waals surface area contributed by atoms with E-state index in [0.717, 1.165) is 87.6 Å². The topological polar surface area (TPSA) is 93.3 Å². The molecule has 5 aromatic carbocycles. The van der Waals surface area contributed by atoms with Crippen molar-refractivity contribution < 1.29 is 9.52 Å². The molecule has 2 N–H and O–H groups in total. The maximum Gasteiger partial charge on any atom is 0.230 e. The molecule has 0 spiro atoms. The first kappa shape index (κ1) is 34.8. The number of hydrogen-bond donors (Lipinski definition) is 2. The van der Waals surface area contributed by atoms with Crippen molar-refractivity contribution in [2.24, 2.45) is 9.98 Å². The van der Waals surface area contributed by atoms with Gasteiger partial charge in [0.25, 0.3) is 0 Å². The van der Waals surface area contributed by atoms with Crippen LogP contribution in [-0.4, -0.2) is 47.5 Å². The summed E-state index contributed by atoms with van der Waals surface area (Å²) in [6.45, 7) is 12.1. The molecule has 0 bridgehead atoms. The second kappa shape index (κ2) is 15.7. The molecule has 8 heteroatoms. The van der Waals surface area contributed by atoms with Crippen molar-refractivity contribution in [1.82, 2.24) is 9.97 Å². The molecule has 2 aromatic heterocycles. The van der Waals surface area contributed by atoms with Gasteiger partial charge >= 0.3 is 0 Å². The molecular formula is C45H42N6O2. The number of phenols is 1. The van der Waals surface area contributed by atoms with Gasteiger partial charge in [0.2, 0.25) is 5.55 Å². The van der Waals surface area contributed by atoms with E-state index in [9.17, 15) is 5.11 Å². The van der Waals surface area contributed by atoms with E-state index in [1.165, 1.54) is 0 Å². The SMILES string of the molecule is CCN(CC)c1ccc(C=Nc2ccc(C#Cc3ccc(N=c4oc5cc(N(CC)CC)ccc5cc4-c4nc5ccccc5[nH]4)cc3)cc2)c(O)c1.